The lowest BCUT2D eigenvalue weighted by molar-refractivity contribution is -0.138. The molecule has 2 aromatic carbocycles. The van der Waals surface area contributed by atoms with E-state index in [1.54, 1.807) is 50.1 Å². The molecule has 0 spiro atoms. The number of aliphatic carboxylic acids is 1. The summed E-state index contributed by atoms with van der Waals surface area (Å²) in [5.74, 6) is -0.303. The van der Waals surface area contributed by atoms with Crippen molar-refractivity contribution < 1.29 is 19.4 Å². The molecule has 32 heavy (non-hydrogen) atoms. The lowest BCUT2D eigenvalue weighted by Crippen LogP contribution is -2.26. The quantitative estimate of drug-likeness (QED) is 0.390. The molecule has 0 atom stereocenters. The number of nitrogens with zero attached hydrogens (tertiary/aromatic N) is 2. The summed E-state index contributed by atoms with van der Waals surface area (Å²) in [5.41, 5.74) is 2.17. The van der Waals surface area contributed by atoms with Crippen LogP contribution in [0.4, 0.5) is 5.69 Å². The number of anilines is 1. The fraction of sp³-hybridized carbons (Fsp3) is 0.261. The molecule has 3 aromatic rings. The van der Waals surface area contributed by atoms with Gasteiger partial charge in [0.1, 0.15) is 10.5 Å². The van der Waals surface area contributed by atoms with E-state index < -0.39 is 10.7 Å². The second-order valence-electron chi connectivity index (χ2n) is 7.49. The number of aromatic nitrogens is 1. The summed E-state index contributed by atoms with van der Waals surface area (Å²) in [6.45, 7) is 3.76. The van der Waals surface area contributed by atoms with E-state index >= 15 is 0 Å². The van der Waals surface area contributed by atoms with Gasteiger partial charge in [0.25, 0.3) is 5.91 Å². The minimum Gasteiger partial charge on any atom is -0.493 e. The van der Waals surface area contributed by atoms with Crippen molar-refractivity contribution in [2.45, 2.75) is 29.4 Å². The van der Waals surface area contributed by atoms with E-state index in [1.807, 2.05) is 29.6 Å². The summed E-state index contributed by atoms with van der Waals surface area (Å²) in [6.07, 6.45) is 0.612. The molecule has 0 aliphatic heterocycles. The second-order valence-corrected chi connectivity index (χ2v) is 10.7. The Balaban J connectivity index is 1.51. The van der Waals surface area contributed by atoms with Crippen molar-refractivity contribution in [3.63, 3.8) is 0 Å². The topological polar surface area (TPSA) is 79.7 Å². The van der Waals surface area contributed by atoms with Crippen LogP contribution in [-0.4, -0.2) is 40.4 Å². The highest BCUT2D eigenvalue weighted by atomic mass is 35.5. The number of amides is 1. The molecule has 0 radical (unpaired) electrons. The van der Waals surface area contributed by atoms with Crippen LogP contribution in [0.1, 0.15) is 29.9 Å². The van der Waals surface area contributed by atoms with Crippen LogP contribution in [0.25, 0.3) is 0 Å². The van der Waals surface area contributed by atoms with Crippen LogP contribution < -0.4 is 9.64 Å². The SMILES string of the molecule is CN(C(=O)c1ccc(Cl)cc1)c1ccc(OCCc2csc(SC(C)(C)C(=O)O)n2)cc1. The van der Waals surface area contributed by atoms with Crippen LogP contribution in [0, 0.1) is 0 Å². The van der Waals surface area contributed by atoms with Gasteiger partial charge in [0.05, 0.1) is 12.3 Å². The maximum absolute atomic E-state index is 12.6. The molecule has 1 heterocycles. The van der Waals surface area contributed by atoms with E-state index in [1.165, 1.54) is 23.1 Å². The molecule has 0 unspecified atom stereocenters. The molecule has 3 rings (SSSR count). The second kappa shape index (κ2) is 10.4. The lowest BCUT2D eigenvalue weighted by Gasteiger charge is -2.18. The molecular formula is C23H23ClN2O4S2. The molecule has 9 heteroatoms. The van der Waals surface area contributed by atoms with Crippen LogP contribution in [0.5, 0.6) is 5.75 Å². The Morgan fingerprint density at radius 2 is 1.81 bits per heavy atom. The van der Waals surface area contributed by atoms with Gasteiger partial charge >= 0.3 is 5.97 Å². The number of halogens is 1. The van der Waals surface area contributed by atoms with Gasteiger partial charge in [-0.25, -0.2) is 4.98 Å². The zero-order chi connectivity index (χ0) is 23.3. The number of carbonyl (C=O) groups is 2. The van der Waals surface area contributed by atoms with Gasteiger partial charge in [0.15, 0.2) is 4.34 Å². The summed E-state index contributed by atoms with van der Waals surface area (Å²) in [7, 11) is 1.72. The fourth-order valence-electron chi connectivity index (χ4n) is 2.65. The largest absolute Gasteiger partial charge is 0.493 e. The van der Waals surface area contributed by atoms with Gasteiger partial charge in [-0.3, -0.25) is 9.59 Å². The Labute approximate surface area is 200 Å². The van der Waals surface area contributed by atoms with Crippen molar-refractivity contribution in [2.75, 3.05) is 18.6 Å². The molecule has 0 bridgehead atoms. The Bertz CT molecular complexity index is 1080. The predicted molar refractivity (Wildman–Crippen MR) is 130 cm³/mol. The van der Waals surface area contributed by atoms with Crippen LogP contribution in [-0.2, 0) is 11.2 Å². The Morgan fingerprint density at radius 3 is 2.44 bits per heavy atom. The molecule has 1 aromatic heterocycles. The zero-order valence-electron chi connectivity index (χ0n) is 17.9. The maximum Gasteiger partial charge on any atom is 0.319 e. The van der Waals surface area contributed by atoms with Gasteiger partial charge in [0, 0.05) is 35.1 Å². The van der Waals surface area contributed by atoms with Gasteiger partial charge in [-0.2, -0.15) is 0 Å². The standard InChI is InChI=1S/C23H23ClN2O4S2/c1-23(2,21(28)29)32-22-25-17(14-31-22)12-13-30-19-10-8-18(9-11-19)26(3)20(27)15-4-6-16(24)7-5-15/h4-11,14H,12-13H2,1-3H3,(H,28,29). The summed E-state index contributed by atoms with van der Waals surface area (Å²) >= 11 is 8.56. The van der Waals surface area contributed by atoms with Gasteiger partial charge < -0.3 is 14.7 Å². The molecule has 0 saturated carbocycles. The number of hydrogen-bond acceptors (Lipinski definition) is 6. The average Bonchev–Trinajstić information content (AvgIpc) is 3.20. The zero-order valence-corrected chi connectivity index (χ0v) is 20.3. The molecule has 0 aliphatic carbocycles. The molecule has 0 saturated heterocycles. The third-order valence-electron chi connectivity index (χ3n) is 4.63. The predicted octanol–water partition coefficient (Wildman–Crippen LogP) is 5.65. The smallest absolute Gasteiger partial charge is 0.319 e. The minimum atomic E-state index is -0.921. The first-order valence-electron chi connectivity index (χ1n) is 9.79. The third-order valence-corrected chi connectivity index (χ3v) is 7.06. The highest BCUT2D eigenvalue weighted by Gasteiger charge is 2.29. The number of thiazole rings is 1. The van der Waals surface area contributed by atoms with Crippen molar-refractivity contribution in [1.82, 2.24) is 4.98 Å². The lowest BCUT2D eigenvalue weighted by atomic mass is 10.2. The van der Waals surface area contributed by atoms with Crippen molar-refractivity contribution >= 4 is 52.3 Å². The summed E-state index contributed by atoms with van der Waals surface area (Å²) in [4.78, 5) is 29.9. The van der Waals surface area contributed by atoms with Gasteiger partial charge in [-0.05, 0) is 62.4 Å². The molecule has 0 fully saturated rings. The summed E-state index contributed by atoms with van der Waals surface area (Å²) < 4.78 is 5.60. The molecule has 6 nitrogen and oxygen atoms in total. The molecule has 1 amide bonds. The number of carboxylic acids is 1. The van der Waals surface area contributed by atoms with Crippen LogP contribution >= 0.6 is 34.7 Å². The number of thioether (sulfide) groups is 1. The van der Waals surface area contributed by atoms with Gasteiger partial charge in [-0.1, -0.05) is 23.4 Å². The van der Waals surface area contributed by atoms with Crippen LogP contribution in [0.15, 0.2) is 58.3 Å². The molecular weight excluding hydrogens is 468 g/mol. The van der Waals surface area contributed by atoms with Crippen LogP contribution in [0.2, 0.25) is 5.02 Å². The van der Waals surface area contributed by atoms with E-state index in [0.717, 1.165) is 15.7 Å². The van der Waals surface area contributed by atoms with Crippen LogP contribution in [0.3, 0.4) is 0 Å². The van der Waals surface area contributed by atoms with Gasteiger partial charge in [0.2, 0.25) is 0 Å². The number of benzene rings is 2. The summed E-state index contributed by atoms with van der Waals surface area (Å²) in [6, 6.07) is 14.1. The molecule has 168 valence electrons. The van der Waals surface area contributed by atoms with E-state index in [-0.39, 0.29) is 5.91 Å². The number of ether oxygens (including phenoxy) is 1. The summed E-state index contributed by atoms with van der Waals surface area (Å²) in [5, 5.41) is 11.7. The monoisotopic (exact) mass is 490 g/mol. The highest BCUT2D eigenvalue weighted by Crippen LogP contribution is 2.34. The minimum absolute atomic E-state index is 0.126. The average molecular weight is 491 g/mol. The van der Waals surface area contributed by atoms with Crippen molar-refractivity contribution in [2.24, 2.45) is 0 Å². The Morgan fingerprint density at radius 1 is 1.16 bits per heavy atom. The molecule has 1 N–H and O–H groups in total. The maximum atomic E-state index is 12.6. The Kier molecular flexibility index (Phi) is 7.82. The van der Waals surface area contributed by atoms with E-state index in [2.05, 4.69) is 4.98 Å². The van der Waals surface area contributed by atoms with E-state index in [9.17, 15) is 14.7 Å². The number of hydrogen-bond donors (Lipinski definition) is 1. The molecule has 0 aliphatic rings. The van der Waals surface area contributed by atoms with Crippen molar-refractivity contribution in [3.05, 3.63) is 70.2 Å². The van der Waals surface area contributed by atoms with E-state index in [4.69, 9.17) is 16.3 Å². The van der Waals surface area contributed by atoms with Crippen molar-refractivity contribution in [3.8, 4) is 5.75 Å². The third kappa shape index (κ3) is 6.25. The first-order chi connectivity index (χ1) is 15.2. The highest BCUT2D eigenvalue weighted by molar-refractivity contribution is 8.03. The first-order valence-corrected chi connectivity index (χ1v) is 11.9. The first kappa shape index (κ1) is 24.1. The van der Waals surface area contributed by atoms with Gasteiger partial charge in [-0.15, -0.1) is 11.3 Å². The fourth-order valence-corrected chi connectivity index (χ4v) is 5.01. The van der Waals surface area contributed by atoms with Crippen molar-refractivity contribution in [1.29, 1.82) is 0 Å². The Hall–Kier alpha value is -2.55. The number of carbonyl (C=O) groups excluding carboxylic acids is 1. The number of carboxylic acid groups (broad SMARTS) is 1. The normalized spacial score (nSPS) is 11.2. The number of rotatable bonds is 9. The van der Waals surface area contributed by atoms with E-state index in [0.29, 0.717) is 29.4 Å².